The number of fused-ring (bicyclic) bond motifs is 1. The van der Waals surface area contributed by atoms with E-state index in [-0.39, 0.29) is 22.9 Å². The van der Waals surface area contributed by atoms with Crippen LogP contribution in [0, 0.1) is 0 Å². The summed E-state index contributed by atoms with van der Waals surface area (Å²) in [4.78, 5) is 23.9. The maximum atomic E-state index is 12.3. The second-order valence-electron chi connectivity index (χ2n) is 6.31. The highest BCUT2D eigenvalue weighted by atomic mass is 32.2. The van der Waals surface area contributed by atoms with Crippen molar-refractivity contribution in [2.75, 3.05) is 12.9 Å². The summed E-state index contributed by atoms with van der Waals surface area (Å²) < 4.78 is 6.66. The Morgan fingerprint density at radius 1 is 1.23 bits per heavy atom. The quantitative estimate of drug-likeness (QED) is 0.211. The van der Waals surface area contributed by atoms with Crippen LogP contribution in [0.15, 0.2) is 59.7 Å². The first-order valence-corrected chi connectivity index (χ1v) is 9.95. The van der Waals surface area contributed by atoms with Gasteiger partial charge in [0.05, 0.1) is 23.9 Å². The Morgan fingerprint density at radius 2 is 2.07 bits per heavy atom. The van der Waals surface area contributed by atoms with Crippen LogP contribution in [0.1, 0.15) is 5.82 Å². The third kappa shape index (κ3) is 3.77. The minimum Gasteiger partial charge on any atom is -0.510 e. The van der Waals surface area contributed by atoms with Crippen LogP contribution in [0.2, 0.25) is 0 Å². The third-order valence-corrected chi connectivity index (χ3v) is 5.43. The number of aliphatic hydroxyl groups is 1. The molecule has 0 radical (unpaired) electrons. The van der Waals surface area contributed by atoms with Crippen LogP contribution in [0.3, 0.4) is 0 Å². The maximum absolute atomic E-state index is 12.3. The fraction of sp³-hybridized carbons (Fsp3) is 0.150. The van der Waals surface area contributed by atoms with E-state index in [4.69, 9.17) is 4.74 Å². The number of imidazole rings is 1. The second-order valence-corrected chi connectivity index (χ2v) is 7.25. The molecule has 0 atom stereocenters. The summed E-state index contributed by atoms with van der Waals surface area (Å²) in [6.45, 7) is 0. The van der Waals surface area contributed by atoms with Crippen LogP contribution in [0.5, 0.6) is 0 Å². The molecule has 3 heterocycles. The minimum atomic E-state index is -0.679. The van der Waals surface area contributed by atoms with Crippen molar-refractivity contribution in [3.8, 4) is 11.4 Å². The van der Waals surface area contributed by atoms with Gasteiger partial charge < -0.3 is 19.4 Å². The van der Waals surface area contributed by atoms with Gasteiger partial charge in [-0.25, -0.2) is 9.78 Å². The van der Waals surface area contributed by atoms with E-state index in [0.717, 1.165) is 11.1 Å². The largest absolute Gasteiger partial charge is 0.510 e. The Balaban J connectivity index is 1.62. The van der Waals surface area contributed by atoms with Crippen LogP contribution in [-0.4, -0.2) is 53.7 Å². The number of methoxy groups -OCH3 is 1. The molecule has 10 heteroatoms. The zero-order chi connectivity index (χ0) is 21.1. The molecule has 4 rings (SSSR count). The Kier molecular flexibility index (Phi) is 5.48. The number of pyridine rings is 1. The van der Waals surface area contributed by atoms with E-state index >= 15 is 0 Å². The molecule has 0 fully saturated rings. The fourth-order valence-electron chi connectivity index (χ4n) is 2.92. The SMILES string of the molecule is COC(=O)/C(=C(/O)CSc1nnc(-c2cccnc2)n1C)c1nc2ccccc2[nH]1. The molecule has 9 nitrogen and oxygen atoms in total. The Labute approximate surface area is 175 Å². The summed E-state index contributed by atoms with van der Waals surface area (Å²) in [6, 6.07) is 11.1. The van der Waals surface area contributed by atoms with Gasteiger partial charge >= 0.3 is 5.97 Å². The first-order valence-electron chi connectivity index (χ1n) is 8.96. The first kappa shape index (κ1) is 19.6. The number of benzene rings is 1. The lowest BCUT2D eigenvalue weighted by atomic mass is 10.2. The lowest BCUT2D eigenvalue weighted by molar-refractivity contribution is -0.133. The highest BCUT2D eigenvalue weighted by Gasteiger charge is 2.23. The number of aromatic amines is 1. The molecule has 0 saturated heterocycles. The number of aliphatic hydroxyl groups excluding tert-OH is 1. The van der Waals surface area contributed by atoms with E-state index in [0.29, 0.717) is 16.5 Å². The standard InChI is InChI=1S/C20H18N6O3S/c1-26-18(12-6-5-9-21-10-12)24-25-20(26)30-11-15(27)16(19(28)29-2)17-22-13-7-3-4-8-14(13)23-17/h3-10,27H,11H2,1-2H3,(H,22,23)/b16-15+. The molecule has 1 aromatic carbocycles. The van der Waals surface area contributed by atoms with Gasteiger partial charge in [-0.3, -0.25) is 4.98 Å². The predicted molar refractivity (Wildman–Crippen MR) is 113 cm³/mol. The van der Waals surface area contributed by atoms with Gasteiger partial charge in [-0.2, -0.15) is 0 Å². The smallest absolute Gasteiger partial charge is 0.345 e. The maximum Gasteiger partial charge on any atom is 0.345 e. The summed E-state index contributed by atoms with van der Waals surface area (Å²) in [7, 11) is 3.08. The van der Waals surface area contributed by atoms with E-state index in [1.807, 2.05) is 43.4 Å². The lowest BCUT2D eigenvalue weighted by Crippen LogP contribution is -2.10. The second kappa shape index (κ2) is 8.37. The number of carbonyl (C=O) groups excluding carboxylic acids is 1. The van der Waals surface area contributed by atoms with E-state index < -0.39 is 5.97 Å². The van der Waals surface area contributed by atoms with Crippen molar-refractivity contribution in [1.29, 1.82) is 0 Å². The minimum absolute atomic E-state index is 0.0177. The van der Waals surface area contributed by atoms with Gasteiger partial charge in [0.2, 0.25) is 0 Å². The van der Waals surface area contributed by atoms with Crippen molar-refractivity contribution < 1.29 is 14.6 Å². The molecule has 0 aliphatic heterocycles. The van der Waals surface area contributed by atoms with Gasteiger partial charge in [0.25, 0.3) is 0 Å². The van der Waals surface area contributed by atoms with Crippen molar-refractivity contribution in [3.63, 3.8) is 0 Å². The average Bonchev–Trinajstić information content (AvgIpc) is 3.36. The predicted octanol–water partition coefficient (Wildman–Crippen LogP) is 2.99. The number of para-hydroxylation sites is 2. The molecule has 0 bridgehead atoms. The number of nitrogens with zero attached hydrogens (tertiary/aromatic N) is 5. The summed E-state index contributed by atoms with van der Waals surface area (Å²) in [5.74, 6) is 0.133. The molecule has 0 amide bonds. The Hall–Kier alpha value is -3.66. The van der Waals surface area contributed by atoms with Crippen LogP contribution in [0.25, 0.3) is 28.0 Å². The van der Waals surface area contributed by atoms with Gasteiger partial charge in [-0.1, -0.05) is 23.9 Å². The van der Waals surface area contributed by atoms with Crippen molar-refractivity contribution >= 4 is 34.3 Å². The number of carbonyl (C=O) groups is 1. The Morgan fingerprint density at radius 3 is 2.80 bits per heavy atom. The van der Waals surface area contributed by atoms with Gasteiger partial charge in [0.15, 0.2) is 11.0 Å². The highest BCUT2D eigenvalue weighted by Crippen LogP contribution is 2.26. The monoisotopic (exact) mass is 422 g/mol. The number of ether oxygens (including phenoxy) is 1. The molecule has 152 valence electrons. The van der Waals surface area contributed by atoms with E-state index in [1.54, 1.807) is 17.0 Å². The number of rotatable bonds is 6. The molecule has 4 aromatic rings. The first-order chi connectivity index (χ1) is 14.6. The van der Waals surface area contributed by atoms with E-state index in [1.165, 1.54) is 18.9 Å². The zero-order valence-corrected chi connectivity index (χ0v) is 17.1. The number of esters is 1. The molecular formula is C20H18N6O3S. The molecule has 30 heavy (non-hydrogen) atoms. The highest BCUT2D eigenvalue weighted by molar-refractivity contribution is 7.99. The number of nitrogens with one attached hydrogen (secondary N) is 1. The van der Waals surface area contributed by atoms with E-state index in [2.05, 4.69) is 25.1 Å². The lowest BCUT2D eigenvalue weighted by Gasteiger charge is -2.07. The van der Waals surface area contributed by atoms with E-state index in [9.17, 15) is 9.90 Å². The van der Waals surface area contributed by atoms with Crippen LogP contribution < -0.4 is 0 Å². The van der Waals surface area contributed by atoms with Crippen LogP contribution >= 0.6 is 11.8 Å². The Bertz CT molecular complexity index is 1200. The fourth-order valence-corrected chi connectivity index (χ4v) is 3.71. The van der Waals surface area contributed by atoms with Crippen molar-refractivity contribution in [2.24, 2.45) is 7.05 Å². The molecule has 2 N–H and O–H groups in total. The van der Waals surface area contributed by atoms with Crippen molar-refractivity contribution in [3.05, 3.63) is 60.4 Å². The third-order valence-electron chi connectivity index (χ3n) is 4.40. The molecular weight excluding hydrogens is 404 g/mol. The summed E-state index contributed by atoms with van der Waals surface area (Å²) >= 11 is 1.24. The van der Waals surface area contributed by atoms with Crippen LogP contribution in [-0.2, 0) is 16.6 Å². The molecule has 3 aromatic heterocycles. The number of aromatic nitrogens is 6. The number of thioether (sulfide) groups is 1. The van der Waals surface area contributed by atoms with Gasteiger partial charge in [-0.15, -0.1) is 10.2 Å². The number of hydrogen-bond donors (Lipinski definition) is 2. The van der Waals surface area contributed by atoms with Gasteiger partial charge in [0, 0.05) is 25.0 Å². The average molecular weight is 422 g/mol. The van der Waals surface area contributed by atoms with Gasteiger partial charge in [-0.05, 0) is 24.3 Å². The van der Waals surface area contributed by atoms with Gasteiger partial charge in [0.1, 0.15) is 17.2 Å². The molecule has 0 aliphatic rings. The molecule has 0 spiro atoms. The molecule has 0 saturated carbocycles. The summed E-state index contributed by atoms with van der Waals surface area (Å²) in [5.41, 5.74) is 2.25. The van der Waals surface area contributed by atoms with Crippen molar-refractivity contribution in [2.45, 2.75) is 5.16 Å². The summed E-state index contributed by atoms with van der Waals surface area (Å²) in [6.07, 6.45) is 3.39. The topological polar surface area (TPSA) is 119 Å². The normalized spacial score (nSPS) is 12.1. The zero-order valence-electron chi connectivity index (χ0n) is 16.2. The number of H-pyrrole nitrogens is 1. The molecule has 0 aliphatic carbocycles. The number of hydrogen-bond acceptors (Lipinski definition) is 8. The summed E-state index contributed by atoms with van der Waals surface area (Å²) in [5, 5.41) is 19.6. The van der Waals surface area contributed by atoms with Crippen LogP contribution in [0.4, 0.5) is 0 Å². The van der Waals surface area contributed by atoms with Crippen molar-refractivity contribution in [1.82, 2.24) is 29.7 Å². The molecule has 0 unspecified atom stereocenters.